The van der Waals surface area contributed by atoms with Gasteiger partial charge in [-0.05, 0) is 48.0 Å². The zero-order valence-electron chi connectivity index (χ0n) is 12.8. The summed E-state index contributed by atoms with van der Waals surface area (Å²) >= 11 is 0. The summed E-state index contributed by atoms with van der Waals surface area (Å²) in [5.74, 6) is 0. The van der Waals surface area contributed by atoms with Crippen LogP contribution >= 0.6 is 0 Å². The SMILES string of the molecule is N#Cc1ccc2c(c1)c(-c1cccc(N)c1)cn2-c1cc#ccc1. The molecule has 3 heteroatoms. The van der Waals surface area contributed by atoms with Crippen LogP contribution in [-0.4, -0.2) is 4.57 Å². The standard InChI is InChI=1S/C21H13N3/c22-13-15-9-10-21-19(11-15)20(16-5-4-6-17(23)12-16)14-24(21)18-7-2-1-3-8-18/h2,4-12,14H,23H2. The van der Waals surface area contributed by atoms with Crippen molar-refractivity contribution in [1.29, 1.82) is 5.26 Å². The molecule has 0 aliphatic heterocycles. The van der Waals surface area contributed by atoms with Gasteiger partial charge in [0, 0.05) is 28.9 Å². The minimum atomic E-state index is 0.637. The van der Waals surface area contributed by atoms with E-state index in [0.717, 1.165) is 27.7 Å². The first-order valence-corrected chi connectivity index (χ1v) is 7.55. The molecule has 3 nitrogen and oxygen atoms in total. The second-order valence-corrected chi connectivity index (χ2v) is 5.57. The predicted molar refractivity (Wildman–Crippen MR) is 95.5 cm³/mol. The molecule has 0 saturated carbocycles. The number of hydrogen-bond acceptors (Lipinski definition) is 2. The number of benzene rings is 2. The Balaban J connectivity index is 2.04. The van der Waals surface area contributed by atoms with E-state index < -0.39 is 0 Å². The fourth-order valence-electron chi connectivity index (χ4n) is 2.94. The monoisotopic (exact) mass is 307 g/mol. The molecule has 0 amide bonds. The van der Waals surface area contributed by atoms with E-state index >= 15 is 0 Å². The predicted octanol–water partition coefficient (Wildman–Crippen LogP) is 4.35. The molecular formula is C21H13N3. The van der Waals surface area contributed by atoms with Gasteiger partial charge in [0.2, 0.25) is 0 Å². The summed E-state index contributed by atoms with van der Waals surface area (Å²) in [4.78, 5) is 0. The molecule has 0 aliphatic rings. The van der Waals surface area contributed by atoms with Crippen LogP contribution in [-0.2, 0) is 0 Å². The Bertz CT molecular complexity index is 1070. The van der Waals surface area contributed by atoms with Gasteiger partial charge in [-0.2, -0.15) is 5.26 Å². The highest BCUT2D eigenvalue weighted by molar-refractivity contribution is 5.98. The Kier molecular flexibility index (Phi) is 3.19. The number of hydrogen-bond donors (Lipinski definition) is 1. The molecule has 3 aromatic carbocycles. The maximum absolute atomic E-state index is 9.24. The van der Waals surface area contributed by atoms with Crippen LogP contribution in [0, 0.1) is 23.5 Å². The average molecular weight is 307 g/mol. The molecule has 0 fully saturated rings. The molecule has 4 aromatic rings. The molecule has 0 saturated heterocycles. The molecule has 0 aliphatic carbocycles. The fraction of sp³-hybridized carbons (Fsp3) is 0. The van der Waals surface area contributed by atoms with E-state index in [-0.39, 0.29) is 0 Å². The molecular weight excluding hydrogens is 294 g/mol. The van der Waals surface area contributed by atoms with Crippen molar-refractivity contribution in [2.24, 2.45) is 0 Å². The lowest BCUT2D eigenvalue weighted by atomic mass is 10.0. The van der Waals surface area contributed by atoms with Crippen molar-refractivity contribution >= 4 is 16.6 Å². The van der Waals surface area contributed by atoms with E-state index in [1.165, 1.54) is 0 Å². The zero-order chi connectivity index (χ0) is 16.5. The van der Waals surface area contributed by atoms with Gasteiger partial charge in [-0.1, -0.05) is 24.3 Å². The quantitative estimate of drug-likeness (QED) is 0.560. The fourth-order valence-corrected chi connectivity index (χ4v) is 2.94. The largest absolute Gasteiger partial charge is 0.399 e. The van der Waals surface area contributed by atoms with Crippen molar-refractivity contribution in [1.82, 2.24) is 4.57 Å². The van der Waals surface area contributed by atoms with Crippen LogP contribution in [0.2, 0.25) is 0 Å². The van der Waals surface area contributed by atoms with Crippen LogP contribution in [0.5, 0.6) is 0 Å². The number of anilines is 1. The van der Waals surface area contributed by atoms with E-state index in [1.807, 2.05) is 60.7 Å². The zero-order valence-corrected chi connectivity index (χ0v) is 12.8. The molecule has 24 heavy (non-hydrogen) atoms. The molecule has 112 valence electrons. The summed E-state index contributed by atoms with van der Waals surface area (Å²) in [6.07, 6.45) is 2.07. The van der Waals surface area contributed by atoms with E-state index in [4.69, 9.17) is 5.73 Å². The number of rotatable bonds is 2. The Hall–Kier alpha value is -3.69. The van der Waals surface area contributed by atoms with Crippen LogP contribution in [0.1, 0.15) is 5.56 Å². The molecule has 2 N–H and O–H groups in total. The molecule has 0 unspecified atom stereocenters. The van der Waals surface area contributed by atoms with Crippen LogP contribution in [0.4, 0.5) is 5.69 Å². The number of nitrogens with zero attached hydrogens (tertiary/aromatic N) is 2. The smallest absolute Gasteiger partial charge is 0.0991 e. The molecule has 0 spiro atoms. The Labute approximate surface area is 140 Å². The third-order valence-corrected chi connectivity index (χ3v) is 4.05. The third-order valence-electron chi connectivity index (χ3n) is 4.05. The maximum Gasteiger partial charge on any atom is 0.0991 e. The summed E-state index contributed by atoms with van der Waals surface area (Å²) in [6, 6.07) is 27.3. The third kappa shape index (κ3) is 2.26. The minimum Gasteiger partial charge on any atom is -0.399 e. The van der Waals surface area contributed by atoms with Gasteiger partial charge >= 0.3 is 0 Å². The second kappa shape index (κ2) is 5.50. The van der Waals surface area contributed by atoms with Crippen LogP contribution in [0.15, 0.2) is 66.9 Å². The first-order chi connectivity index (χ1) is 11.8. The van der Waals surface area contributed by atoms with Gasteiger partial charge < -0.3 is 10.3 Å². The first kappa shape index (κ1) is 13.9. The van der Waals surface area contributed by atoms with Gasteiger partial charge in [-0.3, -0.25) is 0 Å². The highest BCUT2D eigenvalue weighted by Crippen LogP contribution is 2.33. The van der Waals surface area contributed by atoms with Crippen molar-refractivity contribution in [3.8, 4) is 22.9 Å². The van der Waals surface area contributed by atoms with Gasteiger partial charge in [-0.15, -0.1) is 0 Å². The average Bonchev–Trinajstić information content (AvgIpc) is 3.01. The van der Waals surface area contributed by atoms with Gasteiger partial charge in [0.1, 0.15) is 0 Å². The molecule has 1 heterocycles. The Morgan fingerprint density at radius 1 is 1.04 bits per heavy atom. The van der Waals surface area contributed by atoms with Gasteiger partial charge in [0.05, 0.1) is 22.8 Å². The number of nitriles is 1. The van der Waals surface area contributed by atoms with Gasteiger partial charge in [0.15, 0.2) is 0 Å². The number of fused-ring (bicyclic) bond motifs is 1. The second-order valence-electron chi connectivity index (χ2n) is 5.57. The molecule has 1 aromatic heterocycles. The van der Waals surface area contributed by atoms with E-state index in [2.05, 4.69) is 29.0 Å². The number of aromatic nitrogens is 1. The van der Waals surface area contributed by atoms with Crippen molar-refractivity contribution < 1.29 is 0 Å². The Morgan fingerprint density at radius 2 is 1.96 bits per heavy atom. The highest BCUT2D eigenvalue weighted by atomic mass is 15.0. The van der Waals surface area contributed by atoms with Crippen LogP contribution in [0.25, 0.3) is 27.7 Å². The van der Waals surface area contributed by atoms with Crippen molar-refractivity contribution in [2.45, 2.75) is 0 Å². The summed E-state index contributed by atoms with van der Waals surface area (Å²) in [5.41, 5.74) is 11.4. The van der Waals surface area contributed by atoms with Gasteiger partial charge in [-0.25, -0.2) is 0 Å². The van der Waals surface area contributed by atoms with E-state index in [1.54, 1.807) is 0 Å². The minimum absolute atomic E-state index is 0.637. The van der Waals surface area contributed by atoms with Crippen LogP contribution < -0.4 is 5.73 Å². The summed E-state index contributed by atoms with van der Waals surface area (Å²) in [6.45, 7) is 0. The molecule has 4 rings (SSSR count). The lowest BCUT2D eigenvalue weighted by Gasteiger charge is -2.03. The van der Waals surface area contributed by atoms with Crippen LogP contribution in [0.3, 0.4) is 0 Å². The molecule has 0 radical (unpaired) electrons. The number of nitrogen functional groups attached to an aromatic ring is 1. The lowest BCUT2D eigenvalue weighted by Crippen LogP contribution is -1.90. The number of nitrogens with two attached hydrogens (primary N) is 1. The summed E-state index contributed by atoms with van der Waals surface area (Å²) < 4.78 is 2.10. The lowest BCUT2D eigenvalue weighted by molar-refractivity contribution is 1.13. The molecule has 0 bridgehead atoms. The van der Waals surface area contributed by atoms with Crippen molar-refractivity contribution in [3.63, 3.8) is 0 Å². The van der Waals surface area contributed by atoms with E-state index in [0.29, 0.717) is 11.3 Å². The normalized spacial score (nSPS) is 10.3. The maximum atomic E-state index is 9.24. The Morgan fingerprint density at radius 3 is 2.71 bits per heavy atom. The topological polar surface area (TPSA) is 54.7 Å². The van der Waals surface area contributed by atoms with Crippen molar-refractivity contribution in [2.75, 3.05) is 5.73 Å². The summed E-state index contributed by atoms with van der Waals surface area (Å²) in [5, 5.41) is 10.3. The highest BCUT2D eigenvalue weighted by Gasteiger charge is 2.12. The van der Waals surface area contributed by atoms with Crippen molar-refractivity contribution in [3.05, 3.63) is 84.6 Å². The molecule has 0 atom stereocenters. The van der Waals surface area contributed by atoms with E-state index in [9.17, 15) is 5.26 Å². The first-order valence-electron chi connectivity index (χ1n) is 7.55. The summed E-state index contributed by atoms with van der Waals surface area (Å²) in [7, 11) is 0. The van der Waals surface area contributed by atoms with Gasteiger partial charge in [0.25, 0.3) is 0 Å².